The number of rotatable bonds is 5. The highest BCUT2D eigenvalue weighted by Crippen LogP contribution is 2.29. The molecular weight excluding hydrogens is 415 g/mol. The molecule has 6 nitrogen and oxygen atoms in total. The molecule has 8 heteroatoms. The fourth-order valence-corrected chi connectivity index (χ4v) is 3.86. The number of hydrogen-bond donors (Lipinski definition) is 1. The van der Waals surface area contributed by atoms with E-state index in [0.717, 1.165) is 22.5 Å². The average Bonchev–Trinajstić information content (AvgIpc) is 3.30. The van der Waals surface area contributed by atoms with Crippen molar-refractivity contribution in [2.24, 2.45) is 0 Å². The second-order valence-electron chi connectivity index (χ2n) is 7.24. The molecule has 1 aliphatic heterocycles. The van der Waals surface area contributed by atoms with E-state index in [2.05, 4.69) is 10.3 Å². The Morgan fingerprint density at radius 1 is 1.23 bits per heavy atom. The molecule has 1 aromatic heterocycles. The van der Waals surface area contributed by atoms with Crippen LogP contribution in [0.4, 0.5) is 4.39 Å². The number of nitrogens with one attached hydrogen (secondary N) is 1. The number of ether oxygens (including phenoxy) is 1. The molecule has 0 unspecified atom stereocenters. The molecule has 1 amide bonds. The standard InChI is InChI=1S/C23H21FN4O2S/c1-14-12-27(13-25-14)20-9-4-16(11-21(20)30-3)10-19-22(29)28(23(31)26-19)15(2)17-5-7-18(24)8-6-17/h4-13,15H,1-3H3,(H,26,31)/b19-10-/t15-/m1/s1. The number of imidazole rings is 1. The topological polar surface area (TPSA) is 59.4 Å². The molecule has 158 valence electrons. The lowest BCUT2D eigenvalue weighted by molar-refractivity contribution is -0.123. The van der Waals surface area contributed by atoms with Gasteiger partial charge in [0.15, 0.2) is 5.11 Å². The van der Waals surface area contributed by atoms with Crippen molar-refractivity contribution in [3.63, 3.8) is 0 Å². The zero-order valence-corrected chi connectivity index (χ0v) is 18.1. The van der Waals surface area contributed by atoms with Gasteiger partial charge in [0, 0.05) is 6.20 Å². The lowest BCUT2D eigenvalue weighted by Crippen LogP contribution is -2.33. The van der Waals surface area contributed by atoms with Crippen LogP contribution < -0.4 is 10.1 Å². The Balaban J connectivity index is 1.61. The molecule has 0 radical (unpaired) electrons. The first-order chi connectivity index (χ1) is 14.9. The van der Waals surface area contributed by atoms with Crippen molar-refractivity contribution in [2.75, 3.05) is 7.11 Å². The Hall–Kier alpha value is -3.52. The second-order valence-corrected chi connectivity index (χ2v) is 7.63. The molecule has 1 N–H and O–H groups in total. The number of thiocarbonyl (C=S) groups is 1. The lowest BCUT2D eigenvalue weighted by Gasteiger charge is -2.23. The van der Waals surface area contributed by atoms with E-state index in [0.29, 0.717) is 16.6 Å². The number of aryl methyl sites for hydroxylation is 1. The Kier molecular flexibility index (Phi) is 5.56. The third-order valence-electron chi connectivity index (χ3n) is 5.15. The minimum Gasteiger partial charge on any atom is -0.495 e. The highest BCUT2D eigenvalue weighted by atomic mass is 32.1. The molecule has 4 rings (SSSR count). The first-order valence-electron chi connectivity index (χ1n) is 9.68. The van der Waals surface area contributed by atoms with Gasteiger partial charge in [-0.15, -0.1) is 0 Å². The largest absolute Gasteiger partial charge is 0.495 e. The molecule has 0 bridgehead atoms. The maximum absolute atomic E-state index is 13.2. The molecule has 1 atom stereocenters. The summed E-state index contributed by atoms with van der Waals surface area (Å²) in [4.78, 5) is 18.8. The maximum Gasteiger partial charge on any atom is 0.277 e. The summed E-state index contributed by atoms with van der Waals surface area (Å²) in [7, 11) is 1.60. The molecule has 31 heavy (non-hydrogen) atoms. The molecule has 0 spiro atoms. The zero-order valence-electron chi connectivity index (χ0n) is 17.3. The summed E-state index contributed by atoms with van der Waals surface area (Å²) in [6, 6.07) is 11.4. The number of halogens is 1. The van der Waals surface area contributed by atoms with Gasteiger partial charge in [0.2, 0.25) is 0 Å². The van der Waals surface area contributed by atoms with Crippen molar-refractivity contribution in [1.29, 1.82) is 0 Å². The average molecular weight is 437 g/mol. The van der Waals surface area contributed by atoms with Crippen LogP contribution in [0.15, 0.2) is 60.7 Å². The smallest absolute Gasteiger partial charge is 0.277 e. The molecule has 3 aromatic rings. The third-order valence-corrected chi connectivity index (χ3v) is 5.45. The van der Waals surface area contributed by atoms with Gasteiger partial charge >= 0.3 is 0 Å². The molecule has 2 heterocycles. The van der Waals surface area contributed by atoms with Gasteiger partial charge in [-0.2, -0.15) is 0 Å². The number of benzene rings is 2. The summed E-state index contributed by atoms with van der Waals surface area (Å²) in [6.45, 7) is 3.77. The van der Waals surface area contributed by atoms with E-state index in [9.17, 15) is 9.18 Å². The highest BCUT2D eigenvalue weighted by Gasteiger charge is 2.34. The van der Waals surface area contributed by atoms with Crippen LogP contribution in [0.5, 0.6) is 5.75 Å². The number of amides is 1. The van der Waals surface area contributed by atoms with Crippen molar-refractivity contribution in [3.8, 4) is 11.4 Å². The number of methoxy groups -OCH3 is 1. The van der Waals surface area contributed by atoms with E-state index in [1.165, 1.54) is 17.0 Å². The quantitative estimate of drug-likeness (QED) is 0.481. The fraction of sp³-hybridized carbons (Fsp3) is 0.174. The molecule has 1 aliphatic rings. The van der Waals surface area contributed by atoms with Gasteiger partial charge in [-0.05, 0) is 67.5 Å². The summed E-state index contributed by atoms with van der Waals surface area (Å²) in [5.41, 5.74) is 3.69. The van der Waals surface area contributed by atoms with Crippen molar-refractivity contribution in [2.45, 2.75) is 19.9 Å². The molecular formula is C23H21FN4O2S. The van der Waals surface area contributed by atoms with Gasteiger partial charge in [0.25, 0.3) is 5.91 Å². The summed E-state index contributed by atoms with van der Waals surface area (Å²) in [6.07, 6.45) is 5.36. The van der Waals surface area contributed by atoms with E-state index in [-0.39, 0.29) is 17.8 Å². The predicted octanol–water partition coefficient (Wildman–Crippen LogP) is 4.15. The third kappa shape index (κ3) is 4.06. The Morgan fingerprint density at radius 2 is 1.97 bits per heavy atom. The zero-order chi connectivity index (χ0) is 22.1. The van der Waals surface area contributed by atoms with Crippen LogP contribution in [0.25, 0.3) is 11.8 Å². The van der Waals surface area contributed by atoms with Crippen molar-refractivity contribution in [1.82, 2.24) is 19.8 Å². The van der Waals surface area contributed by atoms with Crippen LogP contribution in [0.2, 0.25) is 0 Å². The van der Waals surface area contributed by atoms with Crippen LogP contribution >= 0.6 is 12.2 Å². The number of hydrogen-bond acceptors (Lipinski definition) is 4. The summed E-state index contributed by atoms with van der Waals surface area (Å²) in [5.74, 6) is 0.0830. The molecule has 0 saturated carbocycles. The van der Waals surface area contributed by atoms with E-state index in [1.54, 1.807) is 31.6 Å². The van der Waals surface area contributed by atoms with Crippen LogP contribution in [0, 0.1) is 12.7 Å². The maximum atomic E-state index is 13.2. The van der Waals surface area contributed by atoms with Gasteiger partial charge in [0.05, 0.1) is 30.9 Å². The first-order valence-corrected chi connectivity index (χ1v) is 10.1. The Labute approximate surface area is 185 Å². The summed E-state index contributed by atoms with van der Waals surface area (Å²) >= 11 is 5.39. The molecule has 2 aromatic carbocycles. The predicted molar refractivity (Wildman–Crippen MR) is 120 cm³/mol. The molecule has 1 fully saturated rings. The highest BCUT2D eigenvalue weighted by molar-refractivity contribution is 7.80. The summed E-state index contributed by atoms with van der Waals surface area (Å²) < 4.78 is 20.7. The van der Waals surface area contributed by atoms with Crippen molar-refractivity contribution >= 4 is 29.3 Å². The van der Waals surface area contributed by atoms with Gasteiger partial charge in [-0.3, -0.25) is 9.69 Å². The molecule has 0 aliphatic carbocycles. The van der Waals surface area contributed by atoms with E-state index >= 15 is 0 Å². The second kappa shape index (κ2) is 8.31. The normalized spacial score (nSPS) is 16.0. The monoisotopic (exact) mass is 436 g/mol. The SMILES string of the molecule is COc1cc(/C=C2\NC(=S)N([C@H](C)c3ccc(F)cc3)C2=O)ccc1-n1cnc(C)c1. The van der Waals surface area contributed by atoms with Crippen LogP contribution in [0.1, 0.15) is 29.8 Å². The number of carbonyl (C=O) groups is 1. The van der Waals surface area contributed by atoms with Gasteiger partial charge in [0.1, 0.15) is 17.3 Å². The van der Waals surface area contributed by atoms with Crippen LogP contribution in [0.3, 0.4) is 0 Å². The van der Waals surface area contributed by atoms with Crippen molar-refractivity contribution < 1.29 is 13.9 Å². The van der Waals surface area contributed by atoms with Crippen LogP contribution in [-0.4, -0.2) is 32.6 Å². The van der Waals surface area contributed by atoms with Gasteiger partial charge in [-0.25, -0.2) is 9.37 Å². The number of aromatic nitrogens is 2. The Morgan fingerprint density at radius 3 is 2.61 bits per heavy atom. The van der Waals surface area contributed by atoms with Crippen molar-refractivity contribution in [3.05, 3.63) is 83.3 Å². The van der Waals surface area contributed by atoms with Gasteiger partial charge < -0.3 is 14.6 Å². The number of carbonyl (C=O) groups excluding carboxylic acids is 1. The Bertz CT molecular complexity index is 1190. The first kappa shape index (κ1) is 20.7. The lowest BCUT2D eigenvalue weighted by atomic mass is 10.1. The minimum absolute atomic E-state index is 0.241. The van der Waals surface area contributed by atoms with E-state index in [1.807, 2.05) is 42.8 Å². The van der Waals surface area contributed by atoms with Gasteiger partial charge in [-0.1, -0.05) is 18.2 Å². The summed E-state index contributed by atoms with van der Waals surface area (Å²) in [5, 5.41) is 3.30. The van der Waals surface area contributed by atoms with Crippen LogP contribution in [-0.2, 0) is 4.79 Å². The number of nitrogens with zero attached hydrogens (tertiary/aromatic N) is 3. The fourth-order valence-electron chi connectivity index (χ4n) is 3.51. The van der Waals surface area contributed by atoms with E-state index < -0.39 is 0 Å². The minimum atomic E-state index is -0.333. The molecule has 1 saturated heterocycles. The van der Waals surface area contributed by atoms with E-state index in [4.69, 9.17) is 17.0 Å².